The fraction of sp³-hybridized carbons (Fsp3) is 0.120. The van der Waals surface area contributed by atoms with Gasteiger partial charge in [-0.15, -0.1) is 0 Å². The van der Waals surface area contributed by atoms with Gasteiger partial charge in [-0.2, -0.15) is 0 Å². The van der Waals surface area contributed by atoms with E-state index < -0.39 is 9.84 Å². The second kappa shape index (κ2) is 8.51. The van der Waals surface area contributed by atoms with E-state index in [1.807, 2.05) is 31.2 Å². The van der Waals surface area contributed by atoms with Crippen LogP contribution in [0.25, 0.3) is 22.2 Å². The smallest absolute Gasteiger partial charge is 0.252 e. The number of para-hydroxylation sites is 1. The molecule has 5 nitrogen and oxygen atoms in total. The molecular formula is C25H21FN2O3S. The van der Waals surface area contributed by atoms with E-state index in [9.17, 15) is 17.6 Å². The minimum Gasteiger partial charge on any atom is -0.345 e. The third kappa shape index (κ3) is 4.53. The Labute approximate surface area is 185 Å². The van der Waals surface area contributed by atoms with Crippen molar-refractivity contribution in [2.75, 3.05) is 6.26 Å². The number of nitrogens with one attached hydrogen (secondary N) is 1. The molecule has 4 aromatic rings. The Kier molecular flexibility index (Phi) is 5.76. The summed E-state index contributed by atoms with van der Waals surface area (Å²) in [6, 6.07) is 21.1. The van der Waals surface area contributed by atoms with Gasteiger partial charge in [-0.3, -0.25) is 4.79 Å². The molecule has 0 fully saturated rings. The fourth-order valence-electron chi connectivity index (χ4n) is 3.49. The predicted molar refractivity (Wildman–Crippen MR) is 123 cm³/mol. The van der Waals surface area contributed by atoms with Gasteiger partial charge in [0.05, 0.1) is 27.7 Å². The zero-order valence-corrected chi connectivity index (χ0v) is 18.4. The lowest BCUT2D eigenvalue weighted by atomic mass is 10.0. The highest BCUT2D eigenvalue weighted by atomic mass is 32.2. The number of aromatic nitrogens is 1. The lowest BCUT2D eigenvalue weighted by molar-refractivity contribution is 0.0941. The van der Waals surface area contributed by atoms with Crippen LogP contribution in [0.4, 0.5) is 4.39 Å². The molecule has 0 saturated heterocycles. The summed E-state index contributed by atoms with van der Waals surface area (Å²) in [5.41, 5.74) is 3.16. The average molecular weight is 449 g/mol. The number of benzene rings is 3. The van der Waals surface area contributed by atoms with Crippen molar-refractivity contribution in [3.63, 3.8) is 0 Å². The SMILES string of the molecule is CC(NC(=O)c1cc(-c2ccc(F)cc2)nc2ccccc12)c1ccc(S(C)(=O)=O)cc1. The second-order valence-corrected chi connectivity index (χ2v) is 9.63. The van der Waals surface area contributed by atoms with Crippen molar-refractivity contribution in [2.24, 2.45) is 0 Å². The maximum absolute atomic E-state index is 13.3. The van der Waals surface area contributed by atoms with Crippen molar-refractivity contribution in [3.05, 3.63) is 95.8 Å². The number of nitrogens with zero attached hydrogens (tertiary/aromatic N) is 1. The quantitative estimate of drug-likeness (QED) is 0.469. The molecule has 4 rings (SSSR count). The van der Waals surface area contributed by atoms with Gasteiger partial charge in [0.25, 0.3) is 5.91 Å². The van der Waals surface area contributed by atoms with E-state index in [1.165, 1.54) is 24.3 Å². The number of carbonyl (C=O) groups excluding carboxylic acids is 1. The molecular weight excluding hydrogens is 427 g/mol. The Morgan fingerprint density at radius 2 is 1.62 bits per heavy atom. The van der Waals surface area contributed by atoms with Crippen LogP contribution >= 0.6 is 0 Å². The fourth-order valence-corrected chi connectivity index (χ4v) is 4.12. The molecule has 0 bridgehead atoms. The van der Waals surface area contributed by atoms with E-state index in [-0.39, 0.29) is 22.7 Å². The number of hydrogen-bond acceptors (Lipinski definition) is 4. The zero-order chi connectivity index (χ0) is 22.9. The molecule has 162 valence electrons. The number of carbonyl (C=O) groups is 1. The molecule has 1 aromatic heterocycles. The van der Waals surface area contributed by atoms with E-state index in [4.69, 9.17) is 0 Å². The topological polar surface area (TPSA) is 76.1 Å². The molecule has 0 aliphatic heterocycles. The molecule has 1 unspecified atom stereocenters. The first-order chi connectivity index (χ1) is 15.2. The van der Waals surface area contributed by atoms with Gasteiger partial charge in [0, 0.05) is 17.2 Å². The molecule has 0 aliphatic carbocycles. The van der Waals surface area contributed by atoms with Gasteiger partial charge in [0.15, 0.2) is 9.84 Å². The molecule has 1 amide bonds. The van der Waals surface area contributed by atoms with Crippen LogP contribution in [0.3, 0.4) is 0 Å². The zero-order valence-electron chi connectivity index (χ0n) is 17.5. The highest BCUT2D eigenvalue weighted by Gasteiger charge is 2.17. The highest BCUT2D eigenvalue weighted by molar-refractivity contribution is 7.90. The van der Waals surface area contributed by atoms with Crippen molar-refractivity contribution in [1.29, 1.82) is 0 Å². The maximum Gasteiger partial charge on any atom is 0.252 e. The molecule has 1 heterocycles. The van der Waals surface area contributed by atoms with Gasteiger partial charge < -0.3 is 5.32 Å². The van der Waals surface area contributed by atoms with E-state index in [1.54, 1.807) is 30.3 Å². The Bertz CT molecular complexity index is 1400. The van der Waals surface area contributed by atoms with Crippen LogP contribution in [0.5, 0.6) is 0 Å². The molecule has 0 spiro atoms. The Hall–Kier alpha value is -3.58. The molecule has 0 aliphatic rings. The monoisotopic (exact) mass is 448 g/mol. The first kappa shape index (κ1) is 21.6. The van der Waals surface area contributed by atoms with E-state index in [0.29, 0.717) is 27.7 Å². The first-order valence-corrected chi connectivity index (χ1v) is 11.9. The standard InChI is InChI=1S/C25H21FN2O3S/c1-16(17-9-13-20(14-10-17)32(2,30)31)27-25(29)22-15-24(18-7-11-19(26)12-8-18)28-23-6-4-3-5-21(22)23/h3-16H,1-2H3,(H,27,29). The summed E-state index contributed by atoms with van der Waals surface area (Å²) in [6.07, 6.45) is 1.15. The number of rotatable bonds is 5. The lowest BCUT2D eigenvalue weighted by Gasteiger charge is -2.16. The first-order valence-electron chi connectivity index (χ1n) is 9.99. The van der Waals surface area contributed by atoms with E-state index in [2.05, 4.69) is 10.3 Å². The number of hydrogen-bond donors (Lipinski definition) is 1. The maximum atomic E-state index is 13.3. The summed E-state index contributed by atoms with van der Waals surface area (Å²) in [7, 11) is -3.29. The summed E-state index contributed by atoms with van der Waals surface area (Å²) in [6.45, 7) is 1.83. The Morgan fingerprint density at radius 1 is 0.969 bits per heavy atom. The van der Waals surface area contributed by atoms with Crippen LogP contribution in [0, 0.1) is 5.82 Å². The van der Waals surface area contributed by atoms with Crippen molar-refractivity contribution >= 4 is 26.6 Å². The van der Waals surface area contributed by atoms with Crippen molar-refractivity contribution < 1.29 is 17.6 Å². The highest BCUT2D eigenvalue weighted by Crippen LogP contribution is 2.26. The van der Waals surface area contributed by atoms with Gasteiger partial charge in [0.1, 0.15) is 5.82 Å². The number of pyridine rings is 1. The number of amides is 1. The van der Waals surface area contributed by atoms with Crippen molar-refractivity contribution in [3.8, 4) is 11.3 Å². The minimum atomic E-state index is -3.29. The van der Waals surface area contributed by atoms with Gasteiger partial charge >= 0.3 is 0 Å². The number of fused-ring (bicyclic) bond motifs is 1. The molecule has 3 aromatic carbocycles. The Balaban J connectivity index is 1.67. The summed E-state index contributed by atoms with van der Waals surface area (Å²) in [4.78, 5) is 18.1. The normalized spacial score (nSPS) is 12.5. The third-order valence-corrected chi connectivity index (χ3v) is 6.39. The minimum absolute atomic E-state index is 0.226. The molecule has 7 heteroatoms. The Morgan fingerprint density at radius 3 is 2.28 bits per heavy atom. The average Bonchev–Trinajstić information content (AvgIpc) is 2.78. The van der Waals surface area contributed by atoms with Gasteiger partial charge in [-0.1, -0.05) is 30.3 Å². The van der Waals surface area contributed by atoms with Crippen molar-refractivity contribution in [1.82, 2.24) is 10.3 Å². The van der Waals surface area contributed by atoms with Crippen LogP contribution < -0.4 is 5.32 Å². The van der Waals surface area contributed by atoms with Crippen LogP contribution in [0.15, 0.2) is 83.8 Å². The van der Waals surface area contributed by atoms with Crippen LogP contribution in [0.2, 0.25) is 0 Å². The number of sulfone groups is 1. The van der Waals surface area contributed by atoms with Crippen LogP contribution in [-0.2, 0) is 9.84 Å². The summed E-state index contributed by atoms with van der Waals surface area (Å²) < 4.78 is 36.7. The summed E-state index contributed by atoms with van der Waals surface area (Å²) in [5, 5.41) is 3.68. The molecule has 0 radical (unpaired) electrons. The van der Waals surface area contributed by atoms with Gasteiger partial charge in [-0.05, 0) is 61.0 Å². The second-order valence-electron chi connectivity index (χ2n) is 7.62. The van der Waals surface area contributed by atoms with E-state index >= 15 is 0 Å². The predicted octanol–water partition coefficient (Wildman–Crippen LogP) is 4.94. The van der Waals surface area contributed by atoms with Gasteiger partial charge in [0.2, 0.25) is 0 Å². The van der Waals surface area contributed by atoms with Crippen LogP contribution in [-0.4, -0.2) is 25.6 Å². The van der Waals surface area contributed by atoms with E-state index in [0.717, 1.165) is 11.8 Å². The number of halogens is 1. The molecule has 32 heavy (non-hydrogen) atoms. The largest absolute Gasteiger partial charge is 0.345 e. The third-order valence-electron chi connectivity index (χ3n) is 5.26. The lowest BCUT2D eigenvalue weighted by Crippen LogP contribution is -2.27. The van der Waals surface area contributed by atoms with Gasteiger partial charge in [-0.25, -0.2) is 17.8 Å². The molecule has 0 saturated carbocycles. The summed E-state index contributed by atoms with van der Waals surface area (Å²) >= 11 is 0. The molecule has 1 N–H and O–H groups in total. The van der Waals surface area contributed by atoms with Crippen molar-refractivity contribution in [2.45, 2.75) is 17.9 Å². The molecule has 1 atom stereocenters. The summed E-state index contributed by atoms with van der Waals surface area (Å²) in [5.74, 6) is -0.630. The van der Waals surface area contributed by atoms with Crippen LogP contribution in [0.1, 0.15) is 28.9 Å².